The molecule has 2 saturated carbocycles. The first-order chi connectivity index (χ1) is 26.1. The molecule has 3 aromatic rings. The van der Waals surface area contributed by atoms with E-state index < -0.39 is 94.6 Å². The molecule has 0 spiro atoms. The van der Waals surface area contributed by atoms with Crippen molar-refractivity contribution in [3.63, 3.8) is 0 Å². The standard InChI is InChI=1S/C43H47NO11/c1-23-29(54-40(51)35(47)33(24-14-8-5-9-15-24)44-38(49)25-16-10-6-11-17-25)21-43(52)37(55-39(50)26-18-12-7-13-19-26)32-27-22-53-28(27)20-30(45)42(32,4)36(48)34(46)31(23)41(43,2)3/h5-19,27-30,32-35,37,45-47,52H,20-22H2,1-4H3,(H,44,49)/t27?,28?,29-,30?,32?,33-,34?,35+,37-,42?,43?/m0/s1. The lowest BCUT2D eigenvalue weighted by Gasteiger charge is -2.64. The lowest BCUT2D eigenvalue weighted by Crippen LogP contribution is -2.75. The molecule has 55 heavy (non-hydrogen) atoms. The molecule has 12 heteroatoms. The molecule has 11 atom stereocenters. The van der Waals surface area contributed by atoms with Crippen molar-refractivity contribution < 1.29 is 53.8 Å². The predicted molar refractivity (Wildman–Crippen MR) is 197 cm³/mol. The molecule has 3 fully saturated rings. The van der Waals surface area contributed by atoms with Crippen LogP contribution in [0.1, 0.15) is 72.9 Å². The van der Waals surface area contributed by atoms with Crippen LogP contribution in [-0.2, 0) is 23.8 Å². The molecule has 7 rings (SSSR count). The highest BCUT2D eigenvalue weighted by molar-refractivity contribution is 5.95. The number of Topliss-reactive ketones (excluding diaryl/α,β-unsaturated/α-hetero) is 1. The predicted octanol–water partition coefficient (Wildman–Crippen LogP) is 3.48. The van der Waals surface area contributed by atoms with Crippen molar-refractivity contribution in [2.75, 3.05) is 6.61 Å². The molecule has 5 N–H and O–H groups in total. The summed E-state index contributed by atoms with van der Waals surface area (Å²) in [5, 5.41) is 51.3. The molecule has 1 heterocycles. The Morgan fingerprint density at radius 3 is 2.04 bits per heavy atom. The van der Waals surface area contributed by atoms with E-state index in [1.165, 1.54) is 0 Å². The van der Waals surface area contributed by atoms with Crippen molar-refractivity contribution in [3.05, 3.63) is 119 Å². The van der Waals surface area contributed by atoms with Gasteiger partial charge in [-0.25, -0.2) is 9.59 Å². The van der Waals surface area contributed by atoms with E-state index in [0.717, 1.165) is 0 Å². The highest BCUT2D eigenvalue weighted by atomic mass is 16.6. The van der Waals surface area contributed by atoms with E-state index in [-0.39, 0.29) is 36.2 Å². The lowest BCUT2D eigenvalue weighted by molar-refractivity contribution is -0.277. The van der Waals surface area contributed by atoms with Gasteiger partial charge in [-0.1, -0.05) is 80.6 Å². The van der Waals surface area contributed by atoms with Gasteiger partial charge in [-0.3, -0.25) is 9.59 Å². The van der Waals surface area contributed by atoms with Crippen molar-refractivity contribution in [2.24, 2.45) is 22.7 Å². The van der Waals surface area contributed by atoms with E-state index in [9.17, 15) is 39.6 Å². The Balaban J connectivity index is 1.29. The fourth-order valence-corrected chi connectivity index (χ4v) is 9.49. The summed E-state index contributed by atoms with van der Waals surface area (Å²) >= 11 is 0. The average Bonchev–Trinajstić information content (AvgIpc) is 3.17. The number of carbonyl (C=O) groups is 4. The molecular weight excluding hydrogens is 706 g/mol. The van der Waals surface area contributed by atoms with Crippen LogP contribution in [0.15, 0.2) is 102 Å². The molecule has 0 aromatic heterocycles. The number of nitrogens with one attached hydrogen (secondary N) is 1. The molecule has 2 bridgehead atoms. The van der Waals surface area contributed by atoms with Gasteiger partial charge in [0.2, 0.25) is 0 Å². The molecule has 1 saturated heterocycles. The van der Waals surface area contributed by atoms with Gasteiger partial charge >= 0.3 is 11.9 Å². The minimum atomic E-state index is -2.12. The summed E-state index contributed by atoms with van der Waals surface area (Å²) in [6, 6.07) is 23.6. The van der Waals surface area contributed by atoms with Gasteiger partial charge in [0.25, 0.3) is 5.91 Å². The summed E-state index contributed by atoms with van der Waals surface area (Å²) in [7, 11) is 0. The Morgan fingerprint density at radius 1 is 0.873 bits per heavy atom. The van der Waals surface area contributed by atoms with Crippen LogP contribution in [0.5, 0.6) is 0 Å². The van der Waals surface area contributed by atoms with E-state index in [2.05, 4.69) is 5.32 Å². The maximum Gasteiger partial charge on any atom is 0.338 e. The molecule has 12 nitrogen and oxygen atoms in total. The maximum atomic E-state index is 14.7. The number of hydrogen-bond acceptors (Lipinski definition) is 11. The first-order valence-corrected chi connectivity index (χ1v) is 18.6. The van der Waals surface area contributed by atoms with Crippen LogP contribution in [0.4, 0.5) is 0 Å². The zero-order valence-electron chi connectivity index (χ0n) is 31.1. The third kappa shape index (κ3) is 6.30. The largest absolute Gasteiger partial charge is 0.456 e. The summed E-state index contributed by atoms with van der Waals surface area (Å²) in [4.78, 5) is 55.9. The Bertz CT molecular complexity index is 1980. The molecule has 0 radical (unpaired) electrons. The van der Waals surface area contributed by atoms with E-state index in [0.29, 0.717) is 11.1 Å². The Kier molecular flexibility index (Phi) is 10.1. The third-order valence-corrected chi connectivity index (χ3v) is 12.8. The normalized spacial score (nSPS) is 33.3. The van der Waals surface area contributed by atoms with Crippen LogP contribution in [0, 0.1) is 22.7 Å². The summed E-state index contributed by atoms with van der Waals surface area (Å²) in [6.45, 7) is 6.56. The average molecular weight is 754 g/mol. The zero-order valence-corrected chi connectivity index (χ0v) is 31.1. The molecular formula is C43H47NO11. The van der Waals surface area contributed by atoms with Crippen molar-refractivity contribution >= 4 is 23.6 Å². The number of carbonyl (C=O) groups excluding carboxylic acids is 4. The maximum absolute atomic E-state index is 14.7. The molecule has 7 unspecified atom stereocenters. The molecule has 4 aliphatic rings. The topological polar surface area (TPSA) is 189 Å². The Hall–Kier alpha value is -4.72. The van der Waals surface area contributed by atoms with Gasteiger partial charge in [0.15, 0.2) is 11.9 Å². The monoisotopic (exact) mass is 753 g/mol. The highest BCUT2D eigenvalue weighted by Gasteiger charge is 2.72. The molecule has 290 valence electrons. The number of hydrogen-bond donors (Lipinski definition) is 5. The van der Waals surface area contributed by atoms with E-state index in [1.54, 1.807) is 119 Å². The first-order valence-electron chi connectivity index (χ1n) is 18.6. The van der Waals surface area contributed by atoms with Gasteiger partial charge in [0.05, 0.1) is 35.8 Å². The Morgan fingerprint density at radius 2 is 1.45 bits per heavy atom. The minimum Gasteiger partial charge on any atom is -0.456 e. The van der Waals surface area contributed by atoms with Gasteiger partial charge in [-0.15, -0.1) is 0 Å². The van der Waals surface area contributed by atoms with Gasteiger partial charge < -0.3 is 40.0 Å². The van der Waals surface area contributed by atoms with Gasteiger partial charge in [-0.2, -0.15) is 0 Å². The van der Waals surface area contributed by atoms with Gasteiger partial charge in [-0.05, 0) is 54.8 Å². The second-order valence-electron chi connectivity index (χ2n) is 16.0. The van der Waals surface area contributed by atoms with Gasteiger partial charge in [0, 0.05) is 35.7 Å². The smallest absolute Gasteiger partial charge is 0.338 e. The van der Waals surface area contributed by atoms with E-state index >= 15 is 0 Å². The van der Waals surface area contributed by atoms with Crippen LogP contribution >= 0.6 is 0 Å². The van der Waals surface area contributed by atoms with Crippen LogP contribution in [0.3, 0.4) is 0 Å². The quantitative estimate of drug-likeness (QED) is 0.167. The summed E-state index contributed by atoms with van der Waals surface area (Å²) in [5.41, 5.74) is -4.04. The number of ketones is 1. The van der Waals surface area contributed by atoms with E-state index in [1.807, 2.05) is 0 Å². The number of fused-ring (bicyclic) bond motifs is 5. The number of rotatable bonds is 8. The Labute approximate surface area is 319 Å². The third-order valence-electron chi connectivity index (χ3n) is 12.8. The number of esters is 2. The second kappa shape index (κ2) is 14.4. The summed E-state index contributed by atoms with van der Waals surface area (Å²) in [6.07, 6.45) is -8.65. The molecule has 1 aliphatic heterocycles. The van der Waals surface area contributed by atoms with Crippen molar-refractivity contribution in [3.8, 4) is 0 Å². The number of benzene rings is 3. The first kappa shape index (κ1) is 38.6. The van der Waals surface area contributed by atoms with Crippen LogP contribution in [0.2, 0.25) is 0 Å². The number of amides is 1. The molecule has 1 amide bonds. The van der Waals surface area contributed by atoms with Crippen LogP contribution < -0.4 is 5.32 Å². The SMILES string of the molecule is CC1=C2C(O)C(=O)C3(C)C(O)CC4OCC4C3[C@H](OC(=O)c3ccccc3)C(O)(C[C@@H]1OC(=O)[C@H](O)[C@@H](NC(=O)c1ccccc1)c1ccccc1)C2(C)C. The fraction of sp³-hybridized carbons (Fsp3) is 0.442. The van der Waals surface area contributed by atoms with Crippen molar-refractivity contribution in [1.82, 2.24) is 5.32 Å². The molecule has 3 aliphatic carbocycles. The second-order valence-corrected chi connectivity index (χ2v) is 16.0. The van der Waals surface area contributed by atoms with Crippen molar-refractivity contribution in [1.29, 1.82) is 0 Å². The number of aliphatic hydroxyl groups excluding tert-OH is 3. The molecule has 3 aromatic carbocycles. The summed E-state index contributed by atoms with van der Waals surface area (Å²) in [5.74, 6) is -4.65. The number of aliphatic hydroxyl groups is 4. The fourth-order valence-electron chi connectivity index (χ4n) is 9.49. The highest BCUT2D eigenvalue weighted by Crippen LogP contribution is 2.62. The summed E-state index contributed by atoms with van der Waals surface area (Å²) < 4.78 is 18.1. The number of ether oxygens (including phenoxy) is 3. The van der Waals surface area contributed by atoms with E-state index in [4.69, 9.17) is 14.2 Å². The minimum absolute atomic E-state index is 0.0511. The van der Waals surface area contributed by atoms with Gasteiger partial charge in [0.1, 0.15) is 23.9 Å². The van der Waals surface area contributed by atoms with Crippen molar-refractivity contribution in [2.45, 2.75) is 88.8 Å². The van der Waals surface area contributed by atoms with Crippen LogP contribution in [0.25, 0.3) is 0 Å². The lowest BCUT2D eigenvalue weighted by atomic mass is 9.46. The zero-order chi connectivity index (χ0) is 39.4. The van der Waals surface area contributed by atoms with Crippen LogP contribution in [-0.4, -0.2) is 92.9 Å².